The van der Waals surface area contributed by atoms with Crippen molar-refractivity contribution in [3.63, 3.8) is 0 Å². The molecule has 0 aliphatic carbocycles. The molecule has 0 unspecified atom stereocenters. The van der Waals surface area contributed by atoms with Gasteiger partial charge in [0.2, 0.25) is 0 Å². The number of benzene rings is 3. The fourth-order valence-electron chi connectivity index (χ4n) is 4.01. The quantitative estimate of drug-likeness (QED) is 0.176. The Kier molecular flexibility index (Phi) is 8.14. The van der Waals surface area contributed by atoms with Gasteiger partial charge in [0.25, 0.3) is 0 Å². The van der Waals surface area contributed by atoms with Crippen molar-refractivity contribution in [2.24, 2.45) is 0 Å². The molecule has 9 heteroatoms. The minimum atomic E-state index is -1.56. The third-order valence-electron chi connectivity index (χ3n) is 5.94. The number of halogens is 7. The van der Waals surface area contributed by atoms with Crippen molar-refractivity contribution in [2.45, 2.75) is 25.0 Å². The molecule has 3 aromatic carbocycles. The Hall–Kier alpha value is -3.43. The standard InChI is InChI=1S/C28H21F7O2/c1-2-3-4-20(29)26(34)18-11-21(30)25(22(31)12-18)19-13-36-28(37-14-19)16-7-5-15(6-8-16)17-9-23(32)27(35)24(33)10-17/h2,5-12,19,28H,1,3-4,13-14H2/b26-20+. The lowest BCUT2D eigenvalue weighted by molar-refractivity contribution is -0.192. The number of allylic oxidation sites excluding steroid dienone is 2. The molecule has 1 aliphatic heterocycles. The van der Waals surface area contributed by atoms with Crippen LogP contribution in [0.15, 0.2) is 67.0 Å². The first-order valence-electron chi connectivity index (χ1n) is 11.3. The fourth-order valence-corrected chi connectivity index (χ4v) is 4.01. The van der Waals surface area contributed by atoms with Crippen molar-refractivity contribution in [3.05, 3.63) is 113 Å². The smallest absolute Gasteiger partial charge is 0.194 e. The van der Waals surface area contributed by atoms with Crippen molar-refractivity contribution in [2.75, 3.05) is 13.2 Å². The second kappa shape index (κ2) is 11.3. The maximum atomic E-state index is 14.7. The molecular weight excluding hydrogens is 501 g/mol. The van der Waals surface area contributed by atoms with Crippen LogP contribution in [0.2, 0.25) is 0 Å². The van der Waals surface area contributed by atoms with Gasteiger partial charge < -0.3 is 9.47 Å². The van der Waals surface area contributed by atoms with Gasteiger partial charge in [-0.05, 0) is 41.8 Å². The van der Waals surface area contributed by atoms with Crippen LogP contribution in [0.3, 0.4) is 0 Å². The van der Waals surface area contributed by atoms with E-state index in [9.17, 15) is 30.7 Å². The minimum absolute atomic E-state index is 0.125. The molecule has 3 aromatic rings. The van der Waals surface area contributed by atoms with Gasteiger partial charge in [-0.3, -0.25) is 0 Å². The van der Waals surface area contributed by atoms with Gasteiger partial charge in [-0.15, -0.1) is 6.58 Å². The molecule has 0 N–H and O–H groups in total. The van der Waals surface area contributed by atoms with Gasteiger partial charge in [-0.2, -0.15) is 0 Å². The van der Waals surface area contributed by atoms with E-state index in [-0.39, 0.29) is 37.2 Å². The summed E-state index contributed by atoms with van der Waals surface area (Å²) >= 11 is 0. The van der Waals surface area contributed by atoms with E-state index in [2.05, 4.69) is 6.58 Å². The molecule has 0 saturated carbocycles. The molecule has 37 heavy (non-hydrogen) atoms. The molecular formula is C28H21F7O2. The summed E-state index contributed by atoms with van der Waals surface area (Å²) in [5.74, 6) is -9.59. The van der Waals surface area contributed by atoms with Crippen molar-refractivity contribution in [3.8, 4) is 11.1 Å². The highest BCUT2D eigenvalue weighted by molar-refractivity contribution is 5.64. The third-order valence-corrected chi connectivity index (χ3v) is 5.94. The Morgan fingerprint density at radius 2 is 1.38 bits per heavy atom. The molecule has 194 valence electrons. The van der Waals surface area contributed by atoms with Gasteiger partial charge in [0.1, 0.15) is 17.5 Å². The third kappa shape index (κ3) is 5.78. The summed E-state index contributed by atoms with van der Waals surface area (Å²) in [6.07, 6.45) is 0.420. The molecule has 1 aliphatic rings. The molecule has 1 fully saturated rings. The Morgan fingerprint density at radius 3 is 1.92 bits per heavy atom. The summed E-state index contributed by atoms with van der Waals surface area (Å²) in [6.45, 7) is 3.16. The van der Waals surface area contributed by atoms with Crippen LogP contribution in [0.5, 0.6) is 0 Å². The highest BCUT2D eigenvalue weighted by Gasteiger charge is 2.30. The van der Waals surface area contributed by atoms with Crippen LogP contribution < -0.4 is 0 Å². The molecule has 1 heterocycles. The molecule has 0 spiro atoms. The molecule has 0 amide bonds. The van der Waals surface area contributed by atoms with Gasteiger partial charge in [-0.25, -0.2) is 30.7 Å². The first-order chi connectivity index (χ1) is 17.7. The molecule has 0 radical (unpaired) electrons. The van der Waals surface area contributed by atoms with Crippen LogP contribution in [-0.4, -0.2) is 13.2 Å². The maximum absolute atomic E-state index is 14.7. The van der Waals surface area contributed by atoms with Gasteiger partial charge >= 0.3 is 0 Å². The maximum Gasteiger partial charge on any atom is 0.194 e. The van der Waals surface area contributed by atoms with Crippen LogP contribution in [0.25, 0.3) is 17.0 Å². The fraction of sp³-hybridized carbons (Fsp3) is 0.214. The summed E-state index contributed by atoms with van der Waals surface area (Å²) < 4.78 is 109. The largest absolute Gasteiger partial charge is 0.348 e. The summed E-state index contributed by atoms with van der Waals surface area (Å²) in [7, 11) is 0. The Morgan fingerprint density at radius 1 is 0.811 bits per heavy atom. The zero-order valence-electron chi connectivity index (χ0n) is 19.3. The number of hydrogen-bond donors (Lipinski definition) is 0. The molecule has 1 saturated heterocycles. The number of ether oxygens (including phenoxy) is 2. The average molecular weight is 522 g/mol. The monoisotopic (exact) mass is 522 g/mol. The minimum Gasteiger partial charge on any atom is -0.348 e. The SMILES string of the molecule is C=CCC/C(F)=C(\F)c1cc(F)c(C2COC(c3ccc(-c4cc(F)c(F)c(F)c4)cc3)OC2)c(F)c1. The van der Waals surface area contributed by atoms with Crippen LogP contribution in [0.4, 0.5) is 30.7 Å². The molecule has 4 rings (SSSR count). The second-order valence-corrected chi connectivity index (χ2v) is 8.47. The summed E-state index contributed by atoms with van der Waals surface area (Å²) in [4.78, 5) is 0. The Bertz CT molecular complexity index is 1280. The lowest BCUT2D eigenvalue weighted by atomic mass is 9.96. The van der Waals surface area contributed by atoms with E-state index in [1.54, 1.807) is 12.1 Å². The van der Waals surface area contributed by atoms with E-state index in [1.807, 2.05) is 0 Å². The Balaban J connectivity index is 1.45. The van der Waals surface area contributed by atoms with Gasteiger partial charge in [0, 0.05) is 29.0 Å². The second-order valence-electron chi connectivity index (χ2n) is 8.47. The Labute approximate surface area is 208 Å². The van der Waals surface area contributed by atoms with Crippen LogP contribution in [0.1, 0.15) is 41.7 Å². The van der Waals surface area contributed by atoms with Crippen molar-refractivity contribution in [1.29, 1.82) is 0 Å². The lowest BCUT2D eigenvalue weighted by Crippen LogP contribution is -2.27. The first kappa shape index (κ1) is 26.6. The van der Waals surface area contributed by atoms with Crippen molar-refractivity contribution < 1.29 is 40.2 Å². The van der Waals surface area contributed by atoms with Gasteiger partial charge in [-0.1, -0.05) is 30.3 Å². The van der Waals surface area contributed by atoms with Gasteiger partial charge in [0.05, 0.1) is 13.2 Å². The van der Waals surface area contributed by atoms with Crippen LogP contribution in [-0.2, 0) is 9.47 Å². The number of hydrogen-bond acceptors (Lipinski definition) is 2. The van der Waals surface area contributed by atoms with E-state index in [0.29, 0.717) is 11.1 Å². The number of rotatable bonds is 7. The highest BCUT2D eigenvalue weighted by atomic mass is 19.2. The van der Waals surface area contributed by atoms with Crippen LogP contribution in [0, 0.1) is 29.1 Å². The average Bonchev–Trinajstić information content (AvgIpc) is 2.89. The molecule has 0 atom stereocenters. The predicted molar refractivity (Wildman–Crippen MR) is 124 cm³/mol. The topological polar surface area (TPSA) is 18.5 Å². The molecule has 0 aromatic heterocycles. The first-order valence-corrected chi connectivity index (χ1v) is 11.3. The molecule has 0 bridgehead atoms. The van der Waals surface area contributed by atoms with Crippen molar-refractivity contribution in [1.82, 2.24) is 0 Å². The highest BCUT2D eigenvalue weighted by Crippen LogP contribution is 2.35. The normalized spacial score (nSPS) is 18.5. The summed E-state index contributed by atoms with van der Waals surface area (Å²) in [5, 5.41) is 0. The molecule has 2 nitrogen and oxygen atoms in total. The van der Waals surface area contributed by atoms with Crippen LogP contribution >= 0.6 is 0 Å². The van der Waals surface area contributed by atoms with E-state index >= 15 is 0 Å². The lowest BCUT2D eigenvalue weighted by Gasteiger charge is -2.30. The zero-order valence-corrected chi connectivity index (χ0v) is 19.3. The van der Waals surface area contributed by atoms with Gasteiger partial charge in [0.15, 0.2) is 29.6 Å². The van der Waals surface area contributed by atoms with Crippen molar-refractivity contribution >= 4 is 5.83 Å². The van der Waals surface area contributed by atoms with E-state index in [0.717, 1.165) is 24.3 Å². The zero-order chi connectivity index (χ0) is 26.7. The predicted octanol–water partition coefficient (Wildman–Crippen LogP) is 8.45. The summed E-state index contributed by atoms with van der Waals surface area (Å²) in [5.41, 5.74) is 0.175. The van der Waals surface area contributed by atoms with E-state index in [4.69, 9.17) is 9.47 Å². The van der Waals surface area contributed by atoms with E-state index < -0.39 is 58.5 Å². The summed E-state index contributed by atoms with van der Waals surface area (Å²) in [6, 6.07) is 9.43. The van der Waals surface area contributed by atoms with E-state index in [1.165, 1.54) is 18.2 Å².